The fourth-order valence-corrected chi connectivity index (χ4v) is 5.35. The highest BCUT2D eigenvalue weighted by molar-refractivity contribution is 6.04. The standard InChI is InChI=1S/C32H31F3N6O2/c1-20-3-4-21(15-24(20)16-28-29-27(7-9-36-29)38-30(39-28)23-8-14-43-19-23)31(42)37-25-6-5-22(26(17-25)32(33,34)35)18-41-12-10-40(2)11-13-41/h3-9,14-15,17,19,36H,10-13,16,18H2,1-2H3,(H,37,42). The van der Waals surface area contributed by atoms with Gasteiger partial charge in [-0.05, 0) is 67.1 Å². The molecule has 8 nitrogen and oxygen atoms in total. The quantitative estimate of drug-likeness (QED) is 0.238. The van der Waals surface area contributed by atoms with Gasteiger partial charge in [0.05, 0.1) is 34.1 Å². The summed E-state index contributed by atoms with van der Waals surface area (Å²) in [7, 11) is 2.00. The second-order valence-electron chi connectivity index (χ2n) is 11.0. The molecular weight excluding hydrogens is 557 g/mol. The van der Waals surface area contributed by atoms with E-state index < -0.39 is 17.6 Å². The number of carbonyl (C=O) groups is 1. The van der Waals surface area contributed by atoms with Crippen LogP contribution in [-0.4, -0.2) is 63.9 Å². The molecule has 3 aromatic heterocycles. The van der Waals surface area contributed by atoms with Crippen molar-refractivity contribution in [3.05, 3.63) is 101 Å². The Labute approximate surface area is 246 Å². The Hall–Kier alpha value is -4.48. The number of fused-ring (bicyclic) bond motifs is 1. The van der Waals surface area contributed by atoms with Crippen LogP contribution in [0.15, 0.2) is 71.7 Å². The molecule has 1 aliphatic heterocycles. The molecule has 11 heteroatoms. The summed E-state index contributed by atoms with van der Waals surface area (Å²) in [5.41, 5.74) is 4.75. The van der Waals surface area contributed by atoms with Crippen molar-refractivity contribution in [1.29, 1.82) is 0 Å². The Kier molecular flexibility index (Phi) is 7.76. The van der Waals surface area contributed by atoms with Crippen LogP contribution in [0.1, 0.15) is 38.3 Å². The summed E-state index contributed by atoms with van der Waals surface area (Å²) in [4.78, 5) is 30.0. The Bertz CT molecular complexity index is 1760. The highest BCUT2D eigenvalue weighted by Crippen LogP contribution is 2.35. The molecule has 0 bridgehead atoms. The van der Waals surface area contributed by atoms with Gasteiger partial charge in [-0.3, -0.25) is 9.69 Å². The summed E-state index contributed by atoms with van der Waals surface area (Å²) in [6, 6.07) is 12.9. The molecule has 222 valence electrons. The van der Waals surface area contributed by atoms with Gasteiger partial charge in [0.2, 0.25) is 0 Å². The lowest BCUT2D eigenvalue weighted by Crippen LogP contribution is -2.44. The lowest BCUT2D eigenvalue weighted by atomic mass is 9.99. The predicted molar refractivity (Wildman–Crippen MR) is 158 cm³/mol. The molecule has 0 saturated carbocycles. The first kappa shape index (κ1) is 28.6. The van der Waals surface area contributed by atoms with Gasteiger partial charge < -0.3 is 19.6 Å². The zero-order valence-electron chi connectivity index (χ0n) is 23.8. The average molecular weight is 589 g/mol. The van der Waals surface area contributed by atoms with Crippen molar-refractivity contribution in [2.45, 2.75) is 26.1 Å². The smallest absolute Gasteiger partial charge is 0.416 e. The van der Waals surface area contributed by atoms with E-state index in [4.69, 9.17) is 9.40 Å². The fourth-order valence-electron chi connectivity index (χ4n) is 5.35. The summed E-state index contributed by atoms with van der Waals surface area (Å²) in [6.07, 6.45) is 0.804. The van der Waals surface area contributed by atoms with E-state index in [1.807, 2.05) is 31.0 Å². The van der Waals surface area contributed by atoms with Crippen molar-refractivity contribution in [3.8, 4) is 11.4 Å². The summed E-state index contributed by atoms with van der Waals surface area (Å²) in [6.45, 7) is 5.18. The van der Waals surface area contributed by atoms with Crippen LogP contribution in [0.25, 0.3) is 22.4 Å². The minimum Gasteiger partial charge on any atom is -0.472 e. The van der Waals surface area contributed by atoms with E-state index in [1.165, 1.54) is 12.1 Å². The topological polar surface area (TPSA) is 90.3 Å². The Morgan fingerprint density at radius 1 is 1.02 bits per heavy atom. The number of halogens is 3. The number of amides is 1. The normalized spacial score (nSPS) is 14.8. The Balaban J connectivity index is 1.23. The number of H-pyrrole nitrogens is 1. The first-order chi connectivity index (χ1) is 20.6. The molecule has 1 saturated heterocycles. The van der Waals surface area contributed by atoms with Crippen LogP contribution in [0, 0.1) is 6.92 Å². The lowest BCUT2D eigenvalue weighted by molar-refractivity contribution is -0.138. The molecule has 0 unspecified atom stereocenters. The first-order valence-electron chi connectivity index (χ1n) is 14.0. The number of anilines is 1. The molecule has 6 rings (SSSR count). The number of aryl methyl sites for hydroxylation is 1. The number of aromatic amines is 1. The molecule has 1 fully saturated rings. The van der Waals surface area contributed by atoms with E-state index >= 15 is 0 Å². The fraction of sp³-hybridized carbons (Fsp3) is 0.281. The SMILES string of the molecule is Cc1ccc(C(=O)Nc2ccc(CN3CCN(C)CC3)c(C(F)(F)F)c2)cc1Cc1nc(-c2ccoc2)nc2cc[nH]c12. The van der Waals surface area contributed by atoms with Crippen LogP contribution in [0.5, 0.6) is 0 Å². The van der Waals surface area contributed by atoms with Crippen LogP contribution in [0.2, 0.25) is 0 Å². The minimum absolute atomic E-state index is 0.0928. The Morgan fingerprint density at radius 3 is 2.58 bits per heavy atom. The van der Waals surface area contributed by atoms with Crippen LogP contribution in [0.3, 0.4) is 0 Å². The zero-order valence-corrected chi connectivity index (χ0v) is 23.8. The number of hydrogen-bond donors (Lipinski definition) is 2. The number of furan rings is 1. The molecule has 0 atom stereocenters. The molecule has 43 heavy (non-hydrogen) atoms. The lowest BCUT2D eigenvalue weighted by Gasteiger charge is -2.33. The largest absolute Gasteiger partial charge is 0.472 e. The van der Waals surface area contributed by atoms with Gasteiger partial charge in [0.1, 0.15) is 6.26 Å². The number of rotatable bonds is 7. The average Bonchev–Trinajstić information content (AvgIpc) is 3.68. The molecule has 4 heterocycles. The van der Waals surface area contributed by atoms with Crippen molar-refractivity contribution < 1.29 is 22.4 Å². The van der Waals surface area contributed by atoms with Crippen molar-refractivity contribution in [3.63, 3.8) is 0 Å². The highest BCUT2D eigenvalue weighted by Gasteiger charge is 2.34. The van der Waals surface area contributed by atoms with Gasteiger partial charge in [-0.1, -0.05) is 12.1 Å². The molecule has 2 aromatic carbocycles. The first-order valence-corrected chi connectivity index (χ1v) is 14.0. The maximum absolute atomic E-state index is 14.1. The number of alkyl halides is 3. The zero-order chi connectivity index (χ0) is 30.1. The van der Waals surface area contributed by atoms with E-state index in [9.17, 15) is 18.0 Å². The predicted octanol–water partition coefficient (Wildman–Crippen LogP) is 6.14. The van der Waals surface area contributed by atoms with Gasteiger partial charge in [-0.15, -0.1) is 0 Å². The summed E-state index contributed by atoms with van der Waals surface area (Å²) < 4.78 is 47.4. The molecule has 0 spiro atoms. The van der Waals surface area contributed by atoms with Crippen LogP contribution in [0.4, 0.5) is 18.9 Å². The number of benzene rings is 2. The number of aromatic nitrogens is 3. The second kappa shape index (κ2) is 11.7. The molecule has 1 amide bonds. The van der Waals surface area contributed by atoms with E-state index in [2.05, 4.69) is 20.2 Å². The number of carbonyl (C=O) groups excluding carboxylic acids is 1. The molecule has 2 N–H and O–H groups in total. The summed E-state index contributed by atoms with van der Waals surface area (Å²) in [5, 5.41) is 2.67. The monoisotopic (exact) mass is 588 g/mol. The van der Waals surface area contributed by atoms with Crippen molar-refractivity contribution in [2.24, 2.45) is 0 Å². The molecule has 0 radical (unpaired) electrons. The second-order valence-corrected chi connectivity index (χ2v) is 11.0. The molecular formula is C32H31F3N6O2. The van der Waals surface area contributed by atoms with E-state index in [0.29, 0.717) is 30.9 Å². The van der Waals surface area contributed by atoms with E-state index in [-0.39, 0.29) is 17.8 Å². The minimum atomic E-state index is -4.55. The summed E-state index contributed by atoms with van der Waals surface area (Å²) in [5.74, 6) is 0.0342. The summed E-state index contributed by atoms with van der Waals surface area (Å²) >= 11 is 0. The molecule has 1 aliphatic rings. The molecule has 0 aliphatic carbocycles. The van der Waals surface area contributed by atoms with Crippen LogP contribution < -0.4 is 5.32 Å². The maximum Gasteiger partial charge on any atom is 0.416 e. The third kappa shape index (κ3) is 6.32. The maximum atomic E-state index is 14.1. The number of hydrogen-bond acceptors (Lipinski definition) is 6. The van der Waals surface area contributed by atoms with E-state index in [0.717, 1.165) is 52.6 Å². The number of nitrogens with one attached hydrogen (secondary N) is 2. The van der Waals surface area contributed by atoms with Gasteiger partial charge in [0.15, 0.2) is 5.82 Å². The van der Waals surface area contributed by atoms with Gasteiger partial charge in [-0.2, -0.15) is 13.2 Å². The number of likely N-dealkylation sites (N-methyl/N-ethyl adjacent to an activating group) is 1. The van der Waals surface area contributed by atoms with E-state index in [1.54, 1.807) is 36.9 Å². The van der Waals surface area contributed by atoms with Crippen molar-refractivity contribution in [1.82, 2.24) is 24.8 Å². The number of piperazine rings is 1. The third-order valence-electron chi connectivity index (χ3n) is 7.89. The third-order valence-corrected chi connectivity index (χ3v) is 7.89. The van der Waals surface area contributed by atoms with Gasteiger partial charge in [0.25, 0.3) is 5.91 Å². The van der Waals surface area contributed by atoms with Crippen LogP contribution >= 0.6 is 0 Å². The number of nitrogens with zero attached hydrogens (tertiary/aromatic N) is 4. The molecule has 5 aromatic rings. The highest BCUT2D eigenvalue weighted by atomic mass is 19.4. The van der Waals surface area contributed by atoms with Gasteiger partial charge in [-0.25, -0.2) is 9.97 Å². The van der Waals surface area contributed by atoms with Gasteiger partial charge >= 0.3 is 6.18 Å². The van der Waals surface area contributed by atoms with Crippen LogP contribution in [-0.2, 0) is 19.1 Å². The van der Waals surface area contributed by atoms with Gasteiger partial charge in [0, 0.05) is 56.6 Å². The Morgan fingerprint density at radius 2 is 1.84 bits per heavy atom. The van der Waals surface area contributed by atoms with Crippen molar-refractivity contribution in [2.75, 3.05) is 38.5 Å². The van der Waals surface area contributed by atoms with Crippen molar-refractivity contribution >= 4 is 22.6 Å².